The van der Waals surface area contributed by atoms with Crippen molar-refractivity contribution in [1.29, 1.82) is 0 Å². The lowest BCUT2D eigenvalue weighted by atomic mass is 10.2. The van der Waals surface area contributed by atoms with Gasteiger partial charge in [-0.3, -0.25) is 0 Å². The minimum absolute atomic E-state index is 0.293. The number of carbonyl (C=O) groups excluding carboxylic acids is 1. The number of urea groups is 1. The van der Waals surface area contributed by atoms with Crippen LogP contribution in [-0.2, 0) is 11.3 Å². The van der Waals surface area contributed by atoms with Crippen molar-refractivity contribution in [3.05, 3.63) is 34.9 Å². The predicted molar refractivity (Wildman–Crippen MR) is 81.2 cm³/mol. The zero-order valence-corrected chi connectivity index (χ0v) is 12.6. The average molecular weight is 317 g/mol. The van der Waals surface area contributed by atoms with Crippen LogP contribution in [0, 0.1) is 0 Å². The summed E-state index contributed by atoms with van der Waals surface area (Å²) < 4.78 is 0. The normalized spacial score (nSPS) is 11.7. The lowest BCUT2D eigenvalue weighted by molar-refractivity contribution is -0.139. The number of nitrogens with one attached hydrogen (secondary N) is 2. The summed E-state index contributed by atoms with van der Waals surface area (Å²) >= 11 is 7.37. The summed E-state index contributed by atoms with van der Waals surface area (Å²) in [6, 6.07) is 5.73. The number of carboxylic acids is 1. The van der Waals surface area contributed by atoms with Crippen LogP contribution in [0.3, 0.4) is 0 Å². The van der Waals surface area contributed by atoms with Gasteiger partial charge in [-0.2, -0.15) is 11.8 Å². The maximum Gasteiger partial charge on any atom is 0.326 e. The maximum absolute atomic E-state index is 11.7. The summed E-state index contributed by atoms with van der Waals surface area (Å²) in [4.78, 5) is 22.6. The highest BCUT2D eigenvalue weighted by Gasteiger charge is 2.18. The summed E-state index contributed by atoms with van der Waals surface area (Å²) in [7, 11) is 0. The van der Waals surface area contributed by atoms with Crippen molar-refractivity contribution < 1.29 is 14.7 Å². The quantitative estimate of drug-likeness (QED) is 0.721. The van der Waals surface area contributed by atoms with Crippen LogP contribution in [0.15, 0.2) is 24.3 Å². The van der Waals surface area contributed by atoms with Crippen molar-refractivity contribution in [2.45, 2.75) is 19.0 Å². The third-order valence-electron chi connectivity index (χ3n) is 2.56. The molecule has 0 spiro atoms. The van der Waals surface area contributed by atoms with E-state index in [0.717, 1.165) is 5.56 Å². The second kappa shape index (κ2) is 8.71. The van der Waals surface area contributed by atoms with Gasteiger partial charge in [0.1, 0.15) is 6.04 Å². The minimum atomic E-state index is -1.03. The molecule has 0 aromatic heterocycles. The van der Waals surface area contributed by atoms with Crippen LogP contribution in [-0.4, -0.2) is 35.2 Å². The Morgan fingerprint density at radius 3 is 2.80 bits per heavy atom. The van der Waals surface area contributed by atoms with Crippen molar-refractivity contribution in [1.82, 2.24) is 10.6 Å². The molecule has 0 fully saturated rings. The van der Waals surface area contributed by atoms with Gasteiger partial charge in [-0.1, -0.05) is 23.7 Å². The molecule has 0 bridgehead atoms. The van der Waals surface area contributed by atoms with E-state index in [-0.39, 0.29) is 0 Å². The molecular weight excluding hydrogens is 300 g/mol. The molecule has 1 rings (SSSR count). The molecule has 0 saturated carbocycles. The number of thioether (sulfide) groups is 1. The zero-order chi connectivity index (χ0) is 15.0. The molecule has 7 heteroatoms. The topological polar surface area (TPSA) is 78.4 Å². The summed E-state index contributed by atoms with van der Waals surface area (Å²) in [5.74, 6) is -0.358. The van der Waals surface area contributed by atoms with Crippen LogP contribution in [0.5, 0.6) is 0 Å². The highest BCUT2D eigenvalue weighted by Crippen LogP contribution is 2.10. The van der Waals surface area contributed by atoms with E-state index in [9.17, 15) is 9.59 Å². The summed E-state index contributed by atoms with van der Waals surface area (Å²) in [6.45, 7) is 0.293. The van der Waals surface area contributed by atoms with Crippen LogP contribution in [0.1, 0.15) is 12.0 Å². The Bertz CT molecular complexity index is 471. The number of hydrogen-bond acceptors (Lipinski definition) is 3. The smallest absolute Gasteiger partial charge is 0.326 e. The Kier molecular flexibility index (Phi) is 7.25. The van der Waals surface area contributed by atoms with Crippen LogP contribution >= 0.6 is 23.4 Å². The monoisotopic (exact) mass is 316 g/mol. The predicted octanol–water partition coefficient (Wildman–Crippen LogP) is 2.35. The molecular formula is C13H17ClN2O3S. The summed E-state index contributed by atoms with van der Waals surface area (Å²) in [6.07, 6.45) is 2.28. The number of aliphatic carboxylic acids is 1. The number of benzene rings is 1. The third kappa shape index (κ3) is 6.16. The number of hydrogen-bond donors (Lipinski definition) is 3. The molecule has 0 heterocycles. The molecule has 20 heavy (non-hydrogen) atoms. The average Bonchev–Trinajstić information content (AvgIpc) is 2.41. The fourth-order valence-corrected chi connectivity index (χ4v) is 2.22. The van der Waals surface area contributed by atoms with Crippen molar-refractivity contribution in [2.24, 2.45) is 0 Å². The summed E-state index contributed by atoms with van der Waals surface area (Å²) in [5.41, 5.74) is 0.851. The number of carbonyl (C=O) groups is 2. The molecule has 0 aliphatic heterocycles. The lowest BCUT2D eigenvalue weighted by Gasteiger charge is -2.14. The Labute approximate surface area is 127 Å². The van der Waals surface area contributed by atoms with Gasteiger partial charge in [-0.05, 0) is 36.1 Å². The molecule has 110 valence electrons. The van der Waals surface area contributed by atoms with Crippen molar-refractivity contribution in [3.8, 4) is 0 Å². The van der Waals surface area contributed by atoms with Crippen LogP contribution in [0.25, 0.3) is 0 Å². The Balaban J connectivity index is 2.43. The Morgan fingerprint density at radius 1 is 1.45 bits per heavy atom. The molecule has 0 aliphatic rings. The van der Waals surface area contributed by atoms with E-state index >= 15 is 0 Å². The van der Waals surface area contributed by atoms with E-state index in [1.165, 1.54) is 11.8 Å². The van der Waals surface area contributed by atoms with Crippen LogP contribution in [0.4, 0.5) is 4.79 Å². The minimum Gasteiger partial charge on any atom is -0.480 e. The highest BCUT2D eigenvalue weighted by atomic mass is 35.5. The third-order valence-corrected chi connectivity index (χ3v) is 3.44. The summed E-state index contributed by atoms with van der Waals surface area (Å²) in [5, 5.41) is 14.6. The van der Waals surface area contributed by atoms with Crippen molar-refractivity contribution in [3.63, 3.8) is 0 Å². The van der Waals surface area contributed by atoms with Crippen molar-refractivity contribution in [2.75, 3.05) is 12.0 Å². The fraction of sp³-hybridized carbons (Fsp3) is 0.385. The molecule has 1 atom stereocenters. The molecule has 1 aromatic rings. The van der Waals surface area contributed by atoms with Gasteiger partial charge < -0.3 is 15.7 Å². The first-order valence-corrected chi connectivity index (χ1v) is 7.80. The zero-order valence-electron chi connectivity index (χ0n) is 11.1. The first kappa shape index (κ1) is 16.7. The molecule has 0 aliphatic carbocycles. The number of carboxylic acid groups (broad SMARTS) is 1. The SMILES string of the molecule is CSCC[C@H](NC(=O)NCc1cccc(Cl)c1)C(=O)O. The van der Waals surface area contributed by atoms with E-state index in [1.807, 2.05) is 12.3 Å². The van der Waals surface area contributed by atoms with E-state index in [0.29, 0.717) is 23.7 Å². The highest BCUT2D eigenvalue weighted by molar-refractivity contribution is 7.98. The van der Waals surface area contributed by atoms with Gasteiger partial charge in [0, 0.05) is 11.6 Å². The molecule has 1 aromatic carbocycles. The van der Waals surface area contributed by atoms with Crippen LogP contribution in [0.2, 0.25) is 5.02 Å². The van der Waals surface area contributed by atoms with E-state index in [2.05, 4.69) is 10.6 Å². The molecule has 3 N–H and O–H groups in total. The second-order valence-corrected chi connectivity index (χ2v) is 5.55. The molecule has 0 saturated heterocycles. The van der Waals surface area contributed by atoms with Crippen molar-refractivity contribution >= 4 is 35.4 Å². The van der Waals surface area contributed by atoms with E-state index < -0.39 is 18.0 Å². The van der Waals surface area contributed by atoms with Gasteiger partial charge in [-0.15, -0.1) is 0 Å². The molecule has 0 unspecified atom stereocenters. The van der Waals surface area contributed by atoms with Crippen LogP contribution < -0.4 is 10.6 Å². The largest absolute Gasteiger partial charge is 0.480 e. The molecule has 2 amide bonds. The van der Waals surface area contributed by atoms with Gasteiger partial charge in [0.25, 0.3) is 0 Å². The number of halogens is 1. The van der Waals surface area contributed by atoms with E-state index in [1.54, 1.807) is 18.2 Å². The first-order chi connectivity index (χ1) is 9.52. The lowest BCUT2D eigenvalue weighted by Crippen LogP contribution is -2.46. The second-order valence-electron chi connectivity index (χ2n) is 4.13. The number of amides is 2. The maximum atomic E-state index is 11.7. The molecule has 5 nitrogen and oxygen atoms in total. The van der Waals surface area contributed by atoms with Gasteiger partial charge in [0.05, 0.1) is 0 Å². The van der Waals surface area contributed by atoms with Gasteiger partial charge in [-0.25, -0.2) is 9.59 Å². The Morgan fingerprint density at radius 2 is 2.20 bits per heavy atom. The fourth-order valence-electron chi connectivity index (χ4n) is 1.53. The van der Waals surface area contributed by atoms with E-state index in [4.69, 9.17) is 16.7 Å². The standard InChI is InChI=1S/C13H17ClN2O3S/c1-20-6-5-11(12(17)18)16-13(19)15-8-9-3-2-4-10(14)7-9/h2-4,7,11H,5-6,8H2,1H3,(H,17,18)(H2,15,16,19)/t11-/m0/s1. The first-order valence-electron chi connectivity index (χ1n) is 6.03. The molecule has 0 radical (unpaired) electrons. The van der Waals surface area contributed by atoms with Gasteiger partial charge in [0.2, 0.25) is 0 Å². The van der Waals surface area contributed by atoms with Gasteiger partial charge >= 0.3 is 12.0 Å². The van der Waals surface area contributed by atoms with Gasteiger partial charge in [0.15, 0.2) is 0 Å². The number of rotatable bonds is 7. The Hall–Kier alpha value is -1.40.